The first-order valence-electron chi connectivity index (χ1n) is 7.28. The van der Waals surface area contributed by atoms with Crippen molar-refractivity contribution in [2.45, 2.75) is 19.0 Å². The lowest BCUT2D eigenvalue weighted by atomic mass is 10.0. The molecule has 2 nitrogen and oxygen atoms in total. The fraction of sp³-hybridized carbons (Fsp3) is 0.625. The highest BCUT2D eigenvalue weighted by atomic mass is 32.2. The number of likely N-dealkylation sites (N-methyl/N-ethyl adjacent to an activating group) is 1. The molecule has 0 spiro atoms. The number of thioether (sulfide) groups is 2. The monoisotopic (exact) mass is 310 g/mol. The zero-order chi connectivity index (χ0) is 14.4. The van der Waals surface area contributed by atoms with Crippen molar-refractivity contribution in [3.05, 3.63) is 35.4 Å². The minimum atomic E-state index is 0.453. The van der Waals surface area contributed by atoms with Gasteiger partial charge in [0.2, 0.25) is 0 Å². The van der Waals surface area contributed by atoms with Crippen LogP contribution in [0.5, 0.6) is 0 Å². The third kappa shape index (κ3) is 4.99. The third-order valence-corrected chi connectivity index (χ3v) is 6.22. The summed E-state index contributed by atoms with van der Waals surface area (Å²) in [6.07, 6.45) is 0. The van der Waals surface area contributed by atoms with E-state index < -0.39 is 0 Å². The van der Waals surface area contributed by atoms with Crippen molar-refractivity contribution < 1.29 is 0 Å². The van der Waals surface area contributed by atoms with Crippen LogP contribution >= 0.6 is 23.5 Å². The quantitative estimate of drug-likeness (QED) is 0.899. The van der Waals surface area contributed by atoms with Crippen LogP contribution in [0.3, 0.4) is 0 Å². The van der Waals surface area contributed by atoms with Crippen LogP contribution in [0, 0.1) is 6.92 Å². The molecule has 112 valence electrons. The highest BCUT2D eigenvalue weighted by molar-refractivity contribution is 8.03. The van der Waals surface area contributed by atoms with Gasteiger partial charge in [0.25, 0.3) is 0 Å². The molecule has 1 N–H and O–H groups in total. The fourth-order valence-electron chi connectivity index (χ4n) is 2.40. The molecule has 1 aromatic rings. The SMILES string of the molecule is Cc1ccc(C(CNC2CSCCSC2)N(C)C)cc1. The summed E-state index contributed by atoms with van der Waals surface area (Å²) in [7, 11) is 4.34. The highest BCUT2D eigenvalue weighted by Gasteiger charge is 2.17. The first-order valence-corrected chi connectivity index (χ1v) is 9.59. The molecule has 0 aliphatic carbocycles. The van der Waals surface area contributed by atoms with Gasteiger partial charge in [-0.3, -0.25) is 0 Å². The molecule has 0 amide bonds. The Labute approximate surface area is 132 Å². The Kier molecular flexibility index (Phi) is 6.75. The van der Waals surface area contributed by atoms with Crippen LogP contribution in [0.4, 0.5) is 0 Å². The maximum Gasteiger partial charge on any atom is 0.0466 e. The van der Waals surface area contributed by atoms with Crippen molar-refractivity contribution in [2.24, 2.45) is 0 Å². The molecule has 2 rings (SSSR count). The van der Waals surface area contributed by atoms with Crippen LogP contribution in [0.25, 0.3) is 0 Å². The number of benzene rings is 1. The molecule has 1 atom stereocenters. The first-order chi connectivity index (χ1) is 9.66. The van der Waals surface area contributed by atoms with E-state index in [9.17, 15) is 0 Å². The van der Waals surface area contributed by atoms with Crippen molar-refractivity contribution in [3.8, 4) is 0 Å². The molecule has 1 saturated heterocycles. The molecule has 0 aromatic heterocycles. The number of nitrogens with zero attached hydrogens (tertiary/aromatic N) is 1. The van der Waals surface area contributed by atoms with Gasteiger partial charge in [-0.2, -0.15) is 23.5 Å². The van der Waals surface area contributed by atoms with Gasteiger partial charge >= 0.3 is 0 Å². The van der Waals surface area contributed by atoms with Crippen molar-refractivity contribution in [1.82, 2.24) is 10.2 Å². The van der Waals surface area contributed by atoms with Gasteiger partial charge in [0.05, 0.1) is 0 Å². The summed E-state index contributed by atoms with van der Waals surface area (Å²) in [5.74, 6) is 5.11. The van der Waals surface area contributed by atoms with E-state index in [-0.39, 0.29) is 0 Å². The van der Waals surface area contributed by atoms with Crippen LogP contribution in [-0.2, 0) is 0 Å². The Hall–Kier alpha value is -0.160. The van der Waals surface area contributed by atoms with Gasteiger partial charge in [-0.05, 0) is 26.6 Å². The molecule has 1 aliphatic heterocycles. The van der Waals surface area contributed by atoms with Crippen LogP contribution in [0.1, 0.15) is 17.2 Å². The topological polar surface area (TPSA) is 15.3 Å². The molecule has 1 aliphatic rings. The second-order valence-electron chi connectivity index (χ2n) is 5.65. The normalized spacial score (nSPS) is 19.0. The second kappa shape index (κ2) is 8.32. The van der Waals surface area contributed by atoms with Gasteiger partial charge in [0.15, 0.2) is 0 Å². The second-order valence-corrected chi connectivity index (χ2v) is 7.94. The summed E-state index contributed by atoms with van der Waals surface area (Å²) >= 11 is 4.17. The predicted octanol–water partition coefficient (Wildman–Crippen LogP) is 3.04. The lowest BCUT2D eigenvalue weighted by molar-refractivity contribution is 0.284. The Morgan fingerprint density at radius 2 is 1.75 bits per heavy atom. The summed E-state index contributed by atoms with van der Waals surface area (Å²) in [4.78, 5) is 2.31. The minimum Gasteiger partial charge on any atom is -0.310 e. The lowest BCUT2D eigenvalue weighted by Gasteiger charge is -2.27. The maximum atomic E-state index is 3.77. The molecule has 20 heavy (non-hydrogen) atoms. The molecular weight excluding hydrogens is 284 g/mol. The molecule has 1 aromatic carbocycles. The molecule has 0 bridgehead atoms. The summed E-state index contributed by atoms with van der Waals surface area (Å²) in [6, 6.07) is 10.1. The average molecular weight is 311 g/mol. The van der Waals surface area contributed by atoms with E-state index in [2.05, 4.69) is 79.0 Å². The van der Waals surface area contributed by atoms with Crippen molar-refractivity contribution in [1.29, 1.82) is 0 Å². The summed E-state index contributed by atoms with van der Waals surface area (Å²) in [5, 5.41) is 3.77. The summed E-state index contributed by atoms with van der Waals surface area (Å²) in [5.41, 5.74) is 2.73. The van der Waals surface area contributed by atoms with Gasteiger partial charge in [0.1, 0.15) is 0 Å². The molecule has 4 heteroatoms. The van der Waals surface area contributed by atoms with E-state index in [4.69, 9.17) is 0 Å². The van der Waals surface area contributed by atoms with E-state index in [1.165, 1.54) is 34.1 Å². The van der Waals surface area contributed by atoms with Gasteiger partial charge < -0.3 is 10.2 Å². The molecule has 0 saturated carbocycles. The molecule has 1 heterocycles. The van der Waals surface area contributed by atoms with Crippen LogP contribution in [-0.4, -0.2) is 54.6 Å². The summed E-state index contributed by atoms with van der Waals surface area (Å²) < 4.78 is 0. The Balaban J connectivity index is 1.93. The zero-order valence-corrected chi connectivity index (χ0v) is 14.4. The molecule has 0 radical (unpaired) electrons. The Bertz CT molecular complexity index is 384. The number of hydrogen-bond donors (Lipinski definition) is 1. The predicted molar refractivity (Wildman–Crippen MR) is 94.0 cm³/mol. The van der Waals surface area contributed by atoms with Gasteiger partial charge in [-0.15, -0.1) is 0 Å². The minimum absolute atomic E-state index is 0.453. The van der Waals surface area contributed by atoms with Crippen molar-refractivity contribution in [3.63, 3.8) is 0 Å². The smallest absolute Gasteiger partial charge is 0.0466 e. The largest absolute Gasteiger partial charge is 0.310 e. The average Bonchev–Trinajstić information content (AvgIpc) is 2.69. The Morgan fingerprint density at radius 1 is 1.15 bits per heavy atom. The Morgan fingerprint density at radius 3 is 2.30 bits per heavy atom. The van der Waals surface area contributed by atoms with Gasteiger partial charge in [-0.1, -0.05) is 29.8 Å². The van der Waals surface area contributed by atoms with Gasteiger partial charge in [-0.25, -0.2) is 0 Å². The van der Waals surface area contributed by atoms with E-state index in [0.29, 0.717) is 12.1 Å². The molecule has 1 unspecified atom stereocenters. The van der Waals surface area contributed by atoms with Crippen molar-refractivity contribution in [2.75, 3.05) is 43.7 Å². The molecular formula is C16H26N2S2. The van der Waals surface area contributed by atoms with E-state index in [0.717, 1.165) is 6.54 Å². The fourth-order valence-corrected chi connectivity index (χ4v) is 4.87. The van der Waals surface area contributed by atoms with E-state index in [1.54, 1.807) is 0 Å². The number of rotatable bonds is 5. The maximum absolute atomic E-state index is 3.77. The van der Waals surface area contributed by atoms with Crippen molar-refractivity contribution >= 4 is 23.5 Å². The zero-order valence-electron chi connectivity index (χ0n) is 12.8. The van der Waals surface area contributed by atoms with Crippen LogP contribution < -0.4 is 5.32 Å². The number of hydrogen-bond acceptors (Lipinski definition) is 4. The highest BCUT2D eigenvalue weighted by Crippen LogP contribution is 2.20. The molecule has 1 fully saturated rings. The van der Waals surface area contributed by atoms with E-state index >= 15 is 0 Å². The van der Waals surface area contributed by atoms with E-state index in [1.807, 2.05) is 0 Å². The standard InChI is InChI=1S/C16H26N2S2/c1-13-4-6-14(7-5-13)16(18(2)3)10-17-15-11-19-8-9-20-12-15/h4-7,15-17H,8-12H2,1-3H3. The lowest BCUT2D eigenvalue weighted by Crippen LogP contribution is -2.39. The number of aryl methyl sites for hydroxylation is 1. The summed E-state index contributed by atoms with van der Waals surface area (Å²) in [6.45, 7) is 3.18. The third-order valence-electron chi connectivity index (χ3n) is 3.70. The van der Waals surface area contributed by atoms with Crippen LogP contribution in [0.15, 0.2) is 24.3 Å². The first kappa shape index (κ1) is 16.2. The van der Waals surface area contributed by atoms with Gasteiger partial charge in [0, 0.05) is 41.6 Å². The van der Waals surface area contributed by atoms with Crippen LogP contribution in [0.2, 0.25) is 0 Å². The number of nitrogens with one attached hydrogen (secondary N) is 1.